The van der Waals surface area contributed by atoms with E-state index in [9.17, 15) is 0 Å². The Kier molecular flexibility index (Phi) is 8.77. The van der Waals surface area contributed by atoms with Gasteiger partial charge in [-0.25, -0.2) is 19.6 Å². The summed E-state index contributed by atoms with van der Waals surface area (Å²) in [5.41, 5.74) is 12.5. The highest BCUT2D eigenvalue weighted by Crippen LogP contribution is 2.40. The van der Waals surface area contributed by atoms with Gasteiger partial charge < -0.3 is 16.8 Å². The number of benzene rings is 2. The van der Waals surface area contributed by atoms with Crippen LogP contribution in [-0.2, 0) is 0 Å². The van der Waals surface area contributed by atoms with Crippen LogP contribution in [0.4, 0.5) is 5.82 Å². The Bertz CT molecular complexity index is 1690. The molecule has 7 rings (SSSR count). The summed E-state index contributed by atoms with van der Waals surface area (Å²) >= 11 is 1.78. The maximum Gasteiger partial charge on any atom is 0.164 e. The van der Waals surface area contributed by atoms with Gasteiger partial charge in [0.1, 0.15) is 22.8 Å². The fourth-order valence-corrected chi connectivity index (χ4v) is 7.82. The number of rotatable bonds is 6. The molecule has 5 aromatic rings. The summed E-state index contributed by atoms with van der Waals surface area (Å²) in [4.78, 5) is 20.6. The summed E-state index contributed by atoms with van der Waals surface area (Å²) in [6.45, 7) is 9.15. The van der Waals surface area contributed by atoms with Crippen molar-refractivity contribution >= 4 is 28.2 Å². The molecule has 3 aromatic heterocycles. The lowest BCUT2D eigenvalue weighted by atomic mass is 9.90. The zero-order valence-corrected chi connectivity index (χ0v) is 26.8. The zero-order valence-electron chi connectivity index (χ0n) is 26.0. The van der Waals surface area contributed by atoms with Gasteiger partial charge in [-0.05, 0) is 38.6 Å². The van der Waals surface area contributed by atoms with Crippen LogP contribution in [0.2, 0.25) is 0 Å². The van der Waals surface area contributed by atoms with Crippen molar-refractivity contribution in [3.05, 3.63) is 65.8 Å². The van der Waals surface area contributed by atoms with E-state index in [0.29, 0.717) is 23.8 Å². The Morgan fingerprint density at radius 3 is 2.11 bits per heavy atom. The lowest BCUT2D eigenvalue weighted by molar-refractivity contribution is 0.0815. The molecule has 0 bridgehead atoms. The highest BCUT2D eigenvalue weighted by atomic mass is 32.1. The normalized spacial score (nSPS) is 19.8. The van der Waals surface area contributed by atoms with E-state index in [1.165, 1.54) is 30.8 Å². The van der Waals surface area contributed by atoms with E-state index in [1.807, 2.05) is 6.07 Å². The molecule has 0 unspecified atom stereocenters. The molecule has 0 amide bonds. The van der Waals surface area contributed by atoms with Crippen molar-refractivity contribution in [3.8, 4) is 33.1 Å². The number of fused-ring (bicyclic) bond motifs is 1. The zero-order chi connectivity index (χ0) is 29.5. The van der Waals surface area contributed by atoms with Gasteiger partial charge in [0, 0.05) is 53.8 Å². The average Bonchev–Trinajstić information content (AvgIpc) is 3.66. The molecular formula is C34H43N9S. The van der Waals surface area contributed by atoms with Gasteiger partial charge in [-0.15, -0.1) is 11.3 Å². The highest BCUT2D eigenvalue weighted by Gasteiger charge is 2.30. The minimum absolute atomic E-state index is 0. The molecule has 9 nitrogen and oxygen atoms in total. The number of anilines is 1. The molecule has 5 N–H and O–H groups in total. The number of thiazole rings is 1. The van der Waals surface area contributed by atoms with Crippen molar-refractivity contribution in [1.82, 2.24) is 40.7 Å². The molecule has 1 saturated carbocycles. The minimum Gasteiger partial charge on any atom is -0.383 e. The van der Waals surface area contributed by atoms with E-state index in [4.69, 9.17) is 15.8 Å². The van der Waals surface area contributed by atoms with Crippen LogP contribution in [0.1, 0.15) is 56.4 Å². The number of nitrogens with two attached hydrogens (primary N) is 1. The second kappa shape index (κ2) is 12.7. The fraction of sp³-hybridized carbons (Fsp3) is 0.412. The third-order valence-corrected chi connectivity index (χ3v) is 10.6. The van der Waals surface area contributed by atoms with Crippen LogP contribution >= 0.6 is 11.3 Å². The number of likely N-dealkylation sites (N-methyl/N-ethyl adjacent to an activating group) is 1. The Morgan fingerprint density at radius 2 is 1.43 bits per heavy atom. The summed E-state index contributed by atoms with van der Waals surface area (Å²) in [7, 11) is 2.22. The molecule has 4 heterocycles. The standard InChI is InChI=1S/C34H40N8S.H3N/c1-22(2)31-30(23-7-5-4-6-8-23)38-34(43-31)25-11-9-24(10-12-25)29-28-32(35)36-21-37-33(28)42(39-29)27-15-13-26(14-16-27)41-19-17-40(3)18-20-41;/h4-12,21-22,26-27H,13-20H2,1-3H3,(H2,35,36,37);1H3. The van der Waals surface area contributed by atoms with Crippen LogP contribution in [-0.4, -0.2) is 73.8 Å². The molecule has 1 saturated heterocycles. The number of hydrogen-bond acceptors (Lipinski definition) is 9. The third-order valence-electron chi connectivity index (χ3n) is 9.21. The van der Waals surface area contributed by atoms with E-state index >= 15 is 0 Å². The van der Waals surface area contributed by atoms with E-state index in [1.54, 1.807) is 17.7 Å². The minimum atomic E-state index is 0. The lowest BCUT2D eigenvalue weighted by Crippen LogP contribution is -2.49. The Labute approximate surface area is 263 Å². The van der Waals surface area contributed by atoms with Gasteiger partial charge in [-0.2, -0.15) is 5.10 Å². The monoisotopic (exact) mass is 609 g/mol. The van der Waals surface area contributed by atoms with Gasteiger partial charge >= 0.3 is 0 Å². The molecular weight excluding hydrogens is 567 g/mol. The maximum atomic E-state index is 6.47. The van der Waals surface area contributed by atoms with E-state index < -0.39 is 0 Å². The molecule has 10 heteroatoms. The van der Waals surface area contributed by atoms with E-state index in [2.05, 4.69) is 93.9 Å². The fourth-order valence-electron chi connectivity index (χ4n) is 6.73. The number of piperazine rings is 1. The van der Waals surface area contributed by atoms with Gasteiger partial charge in [0.15, 0.2) is 5.65 Å². The number of hydrogen-bond donors (Lipinski definition) is 2. The molecule has 230 valence electrons. The third kappa shape index (κ3) is 5.75. The molecule has 2 aromatic carbocycles. The van der Waals surface area contributed by atoms with Crippen molar-refractivity contribution in [3.63, 3.8) is 0 Å². The van der Waals surface area contributed by atoms with Crippen LogP contribution in [0.5, 0.6) is 0 Å². The summed E-state index contributed by atoms with van der Waals surface area (Å²) < 4.78 is 2.14. The molecule has 1 aliphatic heterocycles. The van der Waals surface area contributed by atoms with Crippen LogP contribution in [0.15, 0.2) is 60.9 Å². The van der Waals surface area contributed by atoms with Gasteiger partial charge in [-0.1, -0.05) is 68.4 Å². The molecule has 0 radical (unpaired) electrons. The van der Waals surface area contributed by atoms with Gasteiger partial charge in [0.05, 0.1) is 17.1 Å². The summed E-state index contributed by atoms with van der Waals surface area (Å²) in [5.74, 6) is 0.881. The van der Waals surface area contributed by atoms with Gasteiger partial charge in [-0.3, -0.25) is 4.90 Å². The SMILES string of the molecule is CC(C)c1sc(-c2ccc(-c3nn(C4CCC(N5CCN(C)CC5)CC4)c4ncnc(N)c34)cc2)nc1-c1ccccc1.N. The Hall–Kier alpha value is -3.70. The second-order valence-corrected chi connectivity index (χ2v) is 13.4. The smallest absolute Gasteiger partial charge is 0.164 e. The summed E-state index contributed by atoms with van der Waals surface area (Å²) in [5, 5.41) is 7.05. The molecule has 0 spiro atoms. The van der Waals surface area contributed by atoms with Crippen molar-refractivity contribution < 1.29 is 0 Å². The molecule has 2 fully saturated rings. The highest BCUT2D eigenvalue weighted by molar-refractivity contribution is 7.15. The first kappa shape index (κ1) is 30.3. The molecule has 2 aliphatic rings. The van der Waals surface area contributed by atoms with Crippen LogP contribution in [0, 0.1) is 0 Å². The Balaban J connectivity index is 0.00000343. The van der Waals surface area contributed by atoms with Crippen LogP contribution in [0.25, 0.3) is 44.1 Å². The quantitative estimate of drug-likeness (QED) is 0.213. The van der Waals surface area contributed by atoms with E-state index in [0.717, 1.165) is 70.1 Å². The first-order valence-electron chi connectivity index (χ1n) is 15.5. The van der Waals surface area contributed by atoms with Crippen LogP contribution < -0.4 is 11.9 Å². The summed E-state index contributed by atoms with van der Waals surface area (Å²) in [6.07, 6.45) is 6.15. The number of aromatic nitrogens is 5. The maximum absolute atomic E-state index is 6.47. The molecule has 0 atom stereocenters. The van der Waals surface area contributed by atoms with E-state index in [-0.39, 0.29) is 6.15 Å². The molecule has 1 aliphatic carbocycles. The van der Waals surface area contributed by atoms with Crippen molar-refractivity contribution in [2.45, 2.75) is 57.5 Å². The van der Waals surface area contributed by atoms with Gasteiger partial charge in [0.25, 0.3) is 0 Å². The first-order valence-corrected chi connectivity index (χ1v) is 16.4. The van der Waals surface area contributed by atoms with Gasteiger partial charge in [0.2, 0.25) is 0 Å². The summed E-state index contributed by atoms with van der Waals surface area (Å²) in [6, 6.07) is 20.0. The largest absolute Gasteiger partial charge is 0.383 e. The number of nitrogens with zero attached hydrogens (tertiary/aromatic N) is 7. The molecule has 44 heavy (non-hydrogen) atoms. The number of nitrogen functional groups attached to an aromatic ring is 1. The second-order valence-electron chi connectivity index (χ2n) is 12.4. The predicted octanol–water partition coefficient (Wildman–Crippen LogP) is 6.88. The van der Waals surface area contributed by atoms with Crippen LogP contribution in [0.3, 0.4) is 0 Å². The van der Waals surface area contributed by atoms with Crippen molar-refractivity contribution in [1.29, 1.82) is 0 Å². The average molecular weight is 610 g/mol. The van der Waals surface area contributed by atoms with Crippen molar-refractivity contribution in [2.75, 3.05) is 39.0 Å². The Morgan fingerprint density at radius 1 is 0.795 bits per heavy atom. The predicted molar refractivity (Wildman–Crippen MR) is 181 cm³/mol. The first-order chi connectivity index (χ1) is 21.0. The lowest BCUT2D eigenvalue weighted by Gasteiger charge is -2.41. The topological polar surface area (TPSA) is 124 Å². The van der Waals surface area contributed by atoms with Crippen molar-refractivity contribution in [2.24, 2.45) is 0 Å².